The first-order valence-corrected chi connectivity index (χ1v) is 6.53. The molecule has 0 radical (unpaired) electrons. The van der Waals surface area contributed by atoms with Crippen LogP contribution in [0.15, 0.2) is 10.6 Å². The van der Waals surface area contributed by atoms with Crippen molar-refractivity contribution in [2.24, 2.45) is 0 Å². The number of hydrogen-bond acceptors (Lipinski definition) is 5. The molecule has 2 bridgehead atoms. The Bertz CT molecular complexity index is 455. The minimum Gasteiger partial charge on any atom is -0.384 e. The number of ether oxygens (including phenoxy) is 1. The predicted molar refractivity (Wildman–Crippen MR) is 67.0 cm³/mol. The topological polar surface area (TPSA) is 51.4 Å². The third-order valence-electron chi connectivity index (χ3n) is 4.05. The van der Waals surface area contributed by atoms with Gasteiger partial charge in [0.25, 0.3) is 5.89 Å². The normalized spacial score (nSPS) is 27.6. The molecule has 0 saturated carbocycles. The van der Waals surface area contributed by atoms with Crippen LogP contribution < -0.4 is 0 Å². The second kappa shape index (κ2) is 4.82. The van der Waals surface area contributed by atoms with Crippen molar-refractivity contribution in [2.75, 3.05) is 20.8 Å². The lowest BCUT2D eigenvalue weighted by atomic mass is 10.0. The molecule has 1 fully saturated rings. The Kier molecular flexibility index (Phi) is 3.18. The molecule has 1 aromatic rings. The molecule has 0 spiro atoms. The molecular formula is C13H19N3O2. The summed E-state index contributed by atoms with van der Waals surface area (Å²) in [4.78, 5) is 6.91. The highest BCUT2D eigenvalue weighted by Crippen LogP contribution is 2.38. The molecule has 3 rings (SSSR count). The highest BCUT2D eigenvalue weighted by Gasteiger charge is 2.37. The predicted octanol–water partition coefficient (Wildman–Crippen LogP) is 1.51. The lowest BCUT2D eigenvalue weighted by Gasteiger charge is -2.29. The maximum absolute atomic E-state index is 5.39. The van der Waals surface area contributed by atoms with Gasteiger partial charge in [-0.2, -0.15) is 4.98 Å². The van der Waals surface area contributed by atoms with Crippen LogP contribution in [0.25, 0.3) is 5.57 Å². The fraction of sp³-hybridized carbons (Fsp3) is 0.692. The number of hydrogen-bond donors (Lipinski definition) is 0. The van der Waals surface area contributed by atoms with E-state index in [1.165, 1.54) is 18.4 Å². The number of rotatable bonds is 4. The van der Waals surface area contributed by atoms with Crippen molar-refractivity contribution < 1.29 is 9.26 Å². The molecule has 0 aliphatic carbocycles. The number of likely N-dealkylation sites (N-methyl/N-ethyl adjacent to an activating group) is 1. The molecule has 5 nitrogen and oxygen atoms in total. The molecule has 0 N–H and O–H groups in total. The molecule has 18 heavy (non-hydrogen) atoms. The van der Waals surface area contributed by atoms with E-state index in [0.717, 1.165) is 12.2 Å². The molecule has 98 valence electrons. The molecule has 3 heterocycles. The van der Waals surface area contributed by atoms with Gasteiger partial charge in [-0.1, -0.05) is 11.2 Å². The monoisotopic (exact) mass is 249 g/mol. The van der Waals surface area contributed by atoms with Crippen molar-refractivity contribution in [3.8, 4) is 0 Å². The Hall–Kier alpha value is -1.20. The van der Waals surface area contributed by atoms with Crippen molar-refractivity contribution in [3.05, 3.63) is 17.8 Å². The lowest BCUT2D eigenvalue weighted by molar-refractivity contribution is 0.199. The summed E-state index contributed by atoms with van der Waals surface area (Å²) < 4.78 is 10.4. The van der Waals surface area contributed by atoms with Gasteiger partial charge in [0.2, 0.25) is 0 Å². The van der Waals surface area contributed by atoms with Gasteiger partial charge in [0.15, 0.2) is 5.82 Å². The zero-order valence-corrected chi connectivity index (χ0v) is 10.9. The Morgan fingerprint density at radius 3 is 3.22 bits per heavy atom. The average molecular weight is 249 g/mol. The van der Waals surface area contributed by atoms with Crippen molar-refractivity contribution >= 4 is 5.57 Å². The SMILES string of the molecule is COCCc1noc(C2=CCC3CCC2N3C)n1. The Labute approximate surface area is 107 Å². The molecule has 1 aromatic heterocycles. The summed E-state index contributed by atoms with van der Waals surface area (Å²) in [5.74, 6) is 1.42. The summed E-state index contributed by atoms with van der Waals surface area (Å²) in [6.45, 7) is 0.628. The van der Waals surface area contributed by atoms with Gasteiger partial charge in [-0.3, -0.25) is 4.90 Å². The van der Waals surface area contributed by atoms with Crippen LogP contribution in [0.1, 0.15) is 31.0 Å². The van der Waals surface area contributed by atoms with Gasteiger partial charge in [-0.15, -0.1) is 0 Å². The van der Waals surface area contributed by atoms with Crippen LogP contribution in [-0.2, 0) is 11.2 Å². The van der Waals surface area contributed by atoms with E-state index in [-0.39, 0.29) is 0 Å². The van der Waals surface area contributed by atoms with E-state index >= 15 is 0 Å². The summed E-state index contributed by atoms with van der Waals surface area (Å²) in [6, 6.07) is 1.16. The van der Waals surface area contributed by atoms with Gasteiger partial charge in [0, 0.05) is 31.2 Å². The molecule has 0 amide bonds. The fourth-order valence-electron chi connectivity index (χ4n) is 2.97. The van der Waals surface area contributed by atoms with Crippen LogP contribution in [0.3, 0.4) is 0 Å². The van der Waals surface area contributed by atoms with E-state index in [9.17, 15) is 0 Å². The van der Waals surface area contributed by atoms with E-state index in [4.69, 9.17) is 9.26 Å². The van der Waals surface area contributed by atoms with Crippen LogP contribution in [-0.4, -0.2) is 47.9 Å². The number of methoxy groups -OCH3 is 1. The van der Waals surface area contributed by atoms with Crippen LogP contribution >= 0.6 is 0 Å². The Morgan fingerprint density at radius 1 is 1.50 bits per heavy atom. The summed E-state index contributed by atoms with van der Waals surface area (Å²) in [5.41, 5.74) is 1.21. The minimum atomic E-state index is 0.458. The van der Waals surface area contributed by atoms with Crippen LogP contribution in [0, 0.1) is 0 Å². The molecule has 2 atom stereocenters. The largest absolute Gasteiger partial charge is 0.384 e. The van der Waals surface area contributed by atoms with Crippen molar-refractivity contribution in [1.29, 1.82) is 0 Å². The second-order valence-corrected chi connectivity index (χ2v) is 5.07. The Morgan fingerprint density at radius 2 is 2.39 bits per heavy atom. The first-order chi connectivity index (χ1) is 8.79. The molecule has 2 aliphatic heterocycles. The maximum Gasteiger partial charge on any atom is 0.255 e. The van der Waals surface area contributed by atoms with Crippen molar-refractivity contribution in [3.63, 3.8) is 0 Å². The van der Waals surface area contributed by atoms with Crippen LogP contribution in [0.5, 0.6) is 0 Å². The standard InChI is InChI=1S/C13H19N3O2/c1-16-9-3-5-10(11(16)6-4-9)13-14-12(15-18-13)7-8-17-2/h5,9,11H,3-4,6-8H2,1-2H3. The van der Waals surface area contributed by atoms with E-state index in [1.807, 2.05) is 0 Å². The first kappa shape index (κ1) is 11.9. The second-order valence-electron chi connectivity index (χ2n) is 5.07. The summed E-state index contributed by atoms with van der Waals surface area (Å²) in [6.07, 6.45) is 6.54. The smallest absolute Gasteiger partial charge is 0.255 e. The molecule has 5 heteroatoms. The van der Waals surface area contributed by atoms with E-state index in [1.54, 1.807) is 7.11 Å². The zero-order valence-electron chi connectivity index (χ0n) is 10.9. The zero-order chi connectivity index (χ0) is 12.5. The number of aromatic nitrogens is 2. The summed E-state index contributed by atoms with van der Waals surface area (Å²) in [5, 5.41) is 4.01. The van der Waals surface area contributed by atoms with Crippen LogP contribution in [0.2, 0.25) is 0 Å². The molecule has 2 aliphatic rings. The highest BCUT2D eigenvalue weighted by atomic mass is 16.5. The van der Waals surface area contributed by atoms with E-state index < -0.39 is 0 Å². The quantitative estimate of drug-likeness (QED) is 0.809. The van der Waals surface area contributed by atoms with Gasteiger partial charge in [-0.05, 0) is 26.3 Å². The molecule has 2 unspecified atom stereocenters. The van der Waals surface area contributed by atoms with E-state index in [0.29, 0.717) is 31.0 Å². The fourth-order valence-corrected chi connectivity index (χ4v) is 2.97. The first-order valence-electron chi connectivity index (χ1n) is 6.53. The molecular weight excluding hydrogens is 230 g/mol. The van der Waals surface area contributed by atoms with Crippen molar-refractivity contribution in [2.45, 2.75) is 37.8 Å². The number of fused-ring (bicyclic) bond motifs is 2. The maximum atomic E-state index is 5.39. The lowest BCUT2D eigenvalue weighted by Crippen LogP contribution is -2.35. The summed E-state index contributed by atoms with van der Waals surface area (Å²) >= 11 is 0. The van der Waals surface area contributed by atoms with Crippen LogP contribution in [0.4, 0.5) is 0 Å². The Balaban J connectivity index is 1.78. The van der Waals surface area contributed by atoms with Gasteiger partial charge in [0.05, 0.1) is 6.61 Å². The number of nitrogens with zero attached hydrogens (tertiary/aromatic N) is 3. The van der Waals surface area contributed by atoms with Crippen molar-refractivity contribution in [1.82, 2.24) is 15.0 Å². The highest BCUT2D eigenvalue weighted by molar-refractivity contribution is 5.65. The molecule has 1 saturated heterocycles. The van der Waals surface area contributed by atoms with Gasteiger partial charge < -0.3 is 9.26 Å². The van der Waals surface area contributed by atoms with Gasteiger partial charge in [0.1, 0.15) is 0 Å². The molecule has 0 aromatic carbocycles. The van der Waals surface area contributed by atoms with Gasteiger partial charge >= 0.3 is 0 Å². The van der Waals surface area contributed by atoms with E-state index in [2.05, 4.69) is 28.2 Å². The third kappa shape index (κ3) is 1.97. The van der Waals surface area contributed by atoms with Gasteiger partial charge in [-0.25, -0.2) is 0 Å². The minimum absolute atomic E-state index is 0.458. The average Bonchev–Trinajstić information content (AvgIpc) is 2.91. The summed E-state index contributed by atoms with van der Waals surface area (Å²) in [7, 11) is 3.87. The third-order valence-corrected chi connectivity index (χ3v) is 4.05.